The molecule has 1 aliphatic rings. The van der Waals surface area contributed by atoms with E-state index in [1.54, 1.807) is 0 Å². The molecule has 57 heavy (non-hydrogen) atoms. The van der Waals surface area contributed by atoms with Crippen molar-refractivity contribution in [3.63, 3.8) is 0 Å². The third kappa shape index (κ3) is 7.07. The molecule has 0 saturated heterocycles. The highest BCUT2D eigenvalue weighted by Gasteiger charge is 2.36. The molecule has 0 saturated carbocycles. The van der Waals surface area contributed by atoms with Gasteiger partial charge >= 0.3 is 0 Å². The van der Waals surface area contributed by atoms with Gasteiger partial charge in [-0.25, -0.2) is 0 Å². The van der Waals surface area contributed by atoms with E-state index in [1.807, 2.05) is 42.1 Å². The number of hydrogen-bond donors (Lipinski definition) is 0. The molecule has 7 aromatic rings. The Balaban J connectivity index is 1.38. The lowest BCUT2D eigenvalue weighted by Gasteiger charge is -2.23. The summed E-state index contributed by atoms with van der Waals surface area (Å²) in [6.45, 7) is 19.9. The maximum Gasteiger partial charge on any atom is 0.0716 e. The molecule has 0 unspecified atom stereocenters. The number of aromatic nitrogens is 1. The Labute approximate surface area is 341 Å². The molecular formula is C53H47N3S. The minimum atomic E-state index is -0.210. The third-order valence-electron chi connectivity index (χ3n) is 11.2. The van der Waals surface area contributed by atoms with Gasteiger partial charge in [-0.3, -0.25) is 9.98 Å². The monoisotopic (exact) mass is 757 g/mol. The number of benzene rings is 6. The molecule has 0 fully saturated rings. The lowest BCUT2D eigenvalue weighted by Crippen LogP contribution is -2.16. The second kappa shape index (κ2) is 15.7. The van der Waals surface area contributed by atoms with Gasteiger partial charge in [-0.2, -0.15) is 0 Å². The van der Waals surface area contributed by atoms with Gasteiger partial charge in [-0.1, -0.05) is 141 Å². The van der Waals surface area contributed by atoms with Gasteiger partial charge in [0.15, 0.2) is 0 Å². The largest absolute Gasteiger partial charge is 0.309 e. The summed E-state index contributed by atoms with van der Waals surface area (Å²) in [5.41, 5.74) is 15.6. The van der Waals surface area contributed by atoms with Crippen molar-refractivity contribution >= 4 is 57.3 Å². The van der Waals surface area contributed by atoms with Crippen LogP contribution in [0.25, 0.3) is 38.8 Å². The summed E-state index contributed by atoms with van der Waals surface area (Å²) >= 11 is 1.84. The van der Waals surface area contributed by atoms with Crippen molar-refractivity contribution < 1.29 is 0 Å². The zero-order chi connectivity index (χ0) is 39.7. The van der Waals surface area contributed by atoms with E-state index in [4.69, 9.17) is 4.99 Å². The number of fused-ring (bicyclic) bond motifs is 4. The van der Waals surface area contributed by atoms with Crippen molar-refractivity contribution in [2.24, 2.45) is 9.98 Å². The molecule has 6 aromatic carbocycles. The topological polar surface area (TPSA) is 29.6 Å². The minimum Gasteiger partial charge on any atom is -0.309 e. The highest BCUT2D eigenvalue weighted by Crippen LogP contribution is 2.50. The van der Waals surface area contributed by atoms with Gasteiger partial charge in [0, 0.05) is 42.8 Å². The average Bonchev–Trinajstić information content (AvgIpc) is 3.64. The first-order chi connectivity index (χ1) is 27.7. The van der Waals surface area contributed by atoms with Gasteiger partial charge in [0.2, 0.25) is 0 Å². The van der Waals surface area contributed by atoms with Gasteiger partial charge in [0.25, 0.3) is 0 Å². The predicted molar refractivity (Wildman–Crippen MR) is 246 cm³/mol. The van der Waals surface area contributed by atoms with Crippen LogP contribution in [0.2, 0.25) is 0 Å². The summed E-state index contributed by atoms with van der Waals surface area (Å²) in [6, 6.07) is 47.6. The fourth-order valence-corrected chi connectivity index (χ4v) is 9.20. The van der Waals surface area contributed by atoms with Crippen LogP contribution in [0.1, 0.15) is 59.7 Å². The summed E-state index contributed by atoms with van der Waals surface area (Å²) in [7, 11) is 0. The van der Waals surface area contributed by atoms with Crippen LogP contribution in [0, 0.1) is 13.8 Å². The van der Waals surface area contributed by atoms with E-state index in [0.717, 1.165) is 33.8 Å². The number of hydrogen-bond acceptors (Lipinski definition) is 3. The highest BCUT2D eigenvalue weighted by molar-refractivity contribution is 7.99. The van der Waals surface area contributed by atoms with Crippen molar-refractivity contribution in [2.75, 3.05) is 0 Å². The number of rotatable bonds is 11. The molecule has 1 aromatic heterocycles. The molecule has 8 rings (SSSR count). The smallest absolute Gasteiger partial charge is 0.0716 e. The summed E-state index contributed by atoms with van der Waals surface area (Å²) in [6.07, 6.45) is 8.49. The van der Waals surface area contributed by atoms with E-state index in [9.17, 15) is 0 Å². The Hall–Kier alpha value is -6.23. The van der Waals surface area contributed by atoms with Gasteiger partial charge in [0.05, 0.1) is 29.0 Å². The number of allylic oxidation sites excluding steroid dienone is 6. The molecular weight excluding hydrogens is 711 g/mol. The second-order valence-electron chi connectivity index (χ2n) is 15.2. The van der Waals surface area contributed by atoms with Crippen molar-refractivity contribution in [3.8, 4) is 5.69 Å². The maximum atomic E-state index is 5.23. The molecule has 0 bridgehead atoms. The van der Waals surface area contributed by atoms with Crippen LogP contribution in [-0.4, -0.2) is 17.0 Å². The van der Waals surface area contributed by atoms with Crippen molar-refractivity contribution in [3.05, 3.63) is 209 Å². The molecule has 0 N–H and O–H groups in total. The van der Waals surface area contributed by atoms with Crippen LogP contribution < -0.4 is 0 Å². The van der Waals surface area contributed by atoms with Gasteiger partial charge in [-0.05, 0) is 115 Å². The minimum absolute atomic E-state index is 0.210. The SMILES string of the molecule is C=CC1=C(/C=C\C)c2cc3c4cc(C)c(Sc5ccccc5C)cc4n(-c4cccc(C(/C=C(\N=C)c5ccccc5)=NCc5ccccc5)c4)c3cc2C1(C)C. The molecule has 0 radical (unpaired) electrons. The zero-order valence-electron chi connectivity index (χ0n) is 33.4. The van der Waals surface area contributed by atoms with E-state index < -0.39 is 0 Å². The third-order valence-corrected chi connectivity index (χ3v) is 12.5. The first kappa shape index (κ1) is 37.7. The summed E-state index contributed by atoms with van der Waals surface area (Å²) in [5, 5.41) is 2.46. The Bertz CT molecular complexity index is 2810. The van der Waals surface area contributed by atoms with Crippen molar-refractivity contribution in [1.82, 2.24) is 4.57 Å². The second-order valence-corrected chi connectivity index (χ2v) is 16.3. The van der Waals surface area contributed by atoms with Crippen LogP contribution in [0.15, 0.2) is 190 Å². The first-order valence-corrected chi connectivity index (χ1v) is 20.3. The maximum absolute atomic E-state index is 5.23. The standard InChI is InChI=1S/C53H47N3S/c1-8-19-41-42-30-44-43-28-36(4)52(57-51-27-17-16-20-35(51)3)33-50(43)56(49(44)31-46(42)53(5,6)45(41)9-2)40-26-18-25-39(29-40)48(55-34-37-21-12-10-13-22-37)32-47(54-7)38-23-14-11-15-24-38/h8-33H,2,7,34H2,1,3-6H3/b19-8-,47-32-,55-48?. The molecule has 0 aliphatic heterocycles. The van der Waals surface area contributed by atoms with Gasteiger partial charge in [0.1, 0.15) is 0 Å². The Morgan fingerprint density at radius 3 is 2.14 bits per heavy atom. The van der Waals surface area contributed by atoms with Gasteiger partial charge in [-0.15, -0.1) is 0 Å². The normalized spacial score (nSPS) is 14.2. The number of aliphatic imine (C=N–C) groups is 2. The predicted octanol–water partition coefficient (Wildman–Crippen LogP) is 14.1. The number of nitrogens with zero attached hydrogens (tertiary/aromatic N) is 3. The van der Waals surface area contributed by atoms with Crippen LogP contribution >= 0.6 is 11.8 Å². The molecule has 0 amide bonds. The van der Waals surface area contributed by atoms with Crippen LogP contribution in [0.4, 0.5) is 0 Å². The summed E-state index contributed by atoms with van der Waals surface area (Å²) in [5.74, 6) is 0. The van der Waals surface area contributed by atoms with Crippen LogP contribution in [0.3, 0.4) is 0 Å². The van der Waals surface area contributed by atoms with Crippen molar-refractivity contribution in [1.29, 1.82) is 0 Å². The number of aryl methyl sites for hydroxylation is 2. The van der Waals surface area contributed by atoms with E-state index in [1.165, 1.54) is 65.0 Å². The molecule has 1 heterocycles. The zero-order valence-corrected chi connectivity index (χ0v) is 34.2. The molecule has 4 heteroatoms. The molecule has 3 nitrogen and oxygen atoms in total. The quantitative estimate of drug-likeness (QED) is 0.121. The Morgan fingerprint density at radius 1 is 0.737 bits per heavy atom. The van der Waals surface area contributed by atoms with E-state index in [2.05, 4.69) is 185 Å². The van der Waals surface area contributed by atoms with Crippen LogP contribution in [-0.2, 0) is 12.0 Å². The Kier molecular flexibility index (Phi) is 10.4. The Morgan fingerprint density at radius 2 is 1.42 bits per heavy atom. The van der Waals surface area contributed by atoms with Gasteiger partial charge < -0.3 is 4.57 Å². The van der Waals surface area contributed by atoms with Crippen molar-refractivity contribution in [2.45, 2.75) is 56.4 Å². The fraction of sp³-hybridized carbons (Fsp3) is 0.132. The first-order valence-electron chi connectivity index (χ1n) is 19.5. The summed E-state index contributed by atoms with van der Waals surface area (Å²) in [4.78, 5) is 12.2. The fourth-order valence-electron chi connectivity index (χ4n) is 8.20. The lowest BCUT2D eigenvalue weighted by molar-refractivity contribution is 0.655. The van der Waals surface area contributed by atoms with E-state index in [-0.39, 0.29) is 5.41 Å². The molecule has 280 valence electrons. The molecule has 0 spiro atoms. The highest BCUT2D eigenvalue weighted by atomic mass is 32.2. The van der Waals surface area contributed by atoms with E-state index >= 15 is 0 Å². The van der Waals surface area contributed by atoms with Crippen LogP contribution in [0.5, 0.6) is 0 Å². The molecule has 0 atom stereocenters. The lowest BCUT2D eigenvalue weighted by atomic mass is 9.81. The van der Waals surface area contributed by atoms with E-state index in [0.29, 0.717) is 6.54 Å². The summed E-state index contributed by atoms with van der Waals surface area (Å²) < 4.78 is 2.45. The molecule has 1 aliphatic carbocycles. The average molecular weight is 758 g/mol.